The third-order valence-corrected chi connectivity index (χ3v) is 3.28. The molecule has 0 saturated heterocycles. The molecule has 1 aliphatic heterocycles. The van der Waals surface area contributed by atoms with Crippen molar-refractivity contribution in [3.05, 3.63) is 33.8 Å². The van der Waals surface area contributed by atoms with Crippen molar-refractivity contribution in [3.8, 4) is 0 Å². The summed E-state index contributed by atoms with van der Waals surface area (Å²) < 4.78 is 0.704. The van der Waals surface area contributed by atoms with Gasteiger partial charge in [0.25, 0.3) is 11.8 Å². The van der Waals surface area contributed by atoms with Crippen LogP contribution in [-0.2, 0) is 4.79 Å². The molecule has 1 unspecified atom stereocenters. The van der Waals surface area contributed by atoms with Gasteiger partial charge in [-0.3, -0.25) is 19.3 Å². The molecule has 0 bridgehead atoms. The van der Waals surface area contributed by atoms with Crippen LogP contribution in [-0.4, -0.2) is 33.8 Å². The van der Waals surface area contributed by atoms with Gasteiger partial charge in [-0.05, 0) is 25.1 Å². The van der Waals surface area contributed by atoms with Crippen LogP contribution in [0.3, 0.4) is 0 Å². The summed E-state index contributed by atoms with van der Waals surface area (Å²) >= 11 is 3.23. The Hall–Kier alpha value is -1.69. The fourth-order valence-electron chi connectivity index (χ4n) is 1.98. The van der Waals surface area contributed by atoms with E-state index in [1.54, 1.807) is 25.1 Å². The average molecular weight is 312 g/mol. The van der Waals surface area contributed by atoms with E-state index in [4.69, 9.17) is 5.11 Å². The molecule has 1 heterocycles. The first kappa shape index (κ1) is 12.8. The molecule has 1 N–H and O–H groups in total. The molecule has 0 spiro atoms. The molecule has 18 heavy (non-hydrogen) atoms. The maximum atomic E-state index is 12.1. The standard InChI is InChI=1S/C12H10BrNO4/c1-6(4-10(15)16)14-11(17)8-3-2-7(13)5-9(8)12(14)18/h2-3,5-6H,4H2,1H3,(H,15,16). The number of carbonyl (C=O) groups is 3. The molecule has 2 amide bonds. The van der Waals surface area contributed by atoms with E-state index in [-0.39, 0.29) is 6.42 Å². The molecule has 94 valence electrons. The fourth-order valence-corrected chi connectivity index (χ4v) is 2.34. The van der Waals surface area contributed by atoms with E-state index in [1.807, 2.05) is 0 Å². The molecular formula is C12H10BrNO4. The predicted octanol–water partition coefficient (Wildman–Crippen LogP) is 1.91. The highest BCUT2D eigenvalue weighted by Crippen LogP contribution is 2.28. The van der Waals surface area contributed by atoms with Crippen molar-refractivity contribution in [1.82, 2.24) is 4.90 Å². The first-order valence-electron chi connectivity index (χ1n) is 5.31. The van der Waals surface area contributed by atoms with Crippen molar-refractivity contribution in [3.63, 3.8) is 0 Å². The molecule has 0 aliphatic carbocycles. The minimum atomic E-state index is -1.04. The third kappa shape index (κ3) is 2.03. The van der Waals surface area contributed by atoms with Crippen molar-refractivity contribution >= 4 is 33.7 Å². The molecule has 0 aromatic heterocycles. The van der Waals surface area contributed by atoms with Gasteiger partial charge in [0.05, 0.1) is 17.5 Å². The van der Waals surface area contributed by atoms with E-state index in [2.05, 4.69) is 15.9 Å². The second-order valence-corrected chi connectivity index (χ2v) is 5.03. The Balaban J connectivity index is 2.36. The second kappa shape index (κ2) is 4.53. The predicted molar refractivity (Wildman–Crippen MR) is 66.4 cm³/mol. The van der Waals surface area contributed by atoms with Gasteiger partial charge in [-0.1, -0.05) is 15.9 Å². The average Bonchev–Trinajstić information content (AvgIpc) is 2.50. The number of carboxylic acids is 1. The number of hydrogen-bond donors (Lipinski definition) is 1. The number of fused-ring (bicyclic) bond motifs is 1. The zero-order chi connectivity index (χ0) is 13.4. The quantitative estimate of drug-likeness (QED) is 0.865. The van der Waals surface area contributed by atoms with E-state index >= 15 is 0 Å². The molecule has 0 saturated carbocycles. The largest absolute Gasteiger partial charge is 0.481 e. The molecule has 5 nitrogen and oxygen atoms in total. The summed E-state index contributed by atoms with van der Waals surface area (Å²) in [6, 6.07) is 4.15. The van der Waals surface area contributed by atoms with Gasteiger partial charge >= 0.3 is 5.97 Å². The van der Waals surface area contributed by atoms with Crippen molar-refractivity contribution in [1.29, 1.82) is 0 Å². The Labute approximate surface area is 112 Å². The van der Waals surface area contributed by atoms with Crippen LogP contribution in [0, 0.1) is 0 Å². The van der Waals surface area contributed by atoms with Gasteiger partial charge in [0, 0.05) is 10.5 Å². The fraction of sp³-hybridized carbons (Fsp3) is 0.250. The van der Waals surface area contributed by atoms with Gasteiger partial charge < -0.3 is 5.11 Å². The molecule has 1 aromatic rings. The lowest BCUT2D eigenvalue weighted by Crippen LogP contribution is -2.39. The van der Waals surface area contributed by atoms with Crippen LogP contribution in [0.25, 0.3) is 0 Å². The summed E-state index contributed by atoms with van der Waals surface area (Å²) in [4.78, 5) is 35.8. The number of nitrogens with zero attached hydrogens (tertiary/aromatic N) is 1. The van der Waals surface area contributed by atoms with Crippen molar-refractivity contribution < 1.29 is 19.5 Å². The van der Waals surface area contributed by atoms with E-state index in [0.29, 0.717) is 15.6 Å². The van der Waals surface area contributed by atoms with Crippen LogP contribution in [0.5, 0.6) is 0 Å². The maximum Gasteiger partial charge on any atom is 0.305 e. The van der Waals surface area contributed by atoms with Crippen molar-refractivity contribution in [2.45, 2.75) is 19.4 Å². The summed E-state index contributed by atoms with van der Waals surface area (Å²) in [5, 5.41) is 8.72. The van der Waals surface area contributed by atoms with Crippen molar-refractivity contribution in [2.24, 2.45) is 0 Å². The molecule has 2 rings (SSSR count). The van der Waals surface area contributed by atoms with Crippen molar-refractivity contribution in [2.75, 3.05) is 0 Å². The summed E-state index contributed by atoms with van der Waals surface area (Å²) in [6.07, 6.45) is -0.257. The summed E-state index contributed by atoms with van der Waals surface area (Å²) in [6.45, 7) is 1.55. The van der Waals surface area contributed by atoms with Crippen LogP contribution < -0.4 is 0 Å². The minimum Gasteiger partial charge on any atom is -0.481 e. The molecule has 6 heteroatoms. The monoisotopic (exact) mass is 311 g/mol. The smallest absolute Gasteiger partial charge is 0.305 e. The lowest BCUT2D eigenvalue weighted by atomic mass is 10.1. The number of carbonyl (C=O) groups excluding carboxylic acids is 2. The number of carboxylic acid groups (broad SMARTS) is 1. The Morgan fingerprint density at radius 2 is 1.94 bits per heavy atom. The number of benzene rings is 1. The molecule has 1 aliphatic rings. The molecule has 1 atom stereocenters. The molecule has 0 radical (unpaired) electrons. The number of imide groups is 1. The summed E-state index contributed by atoms with van der Waals surface area (Å²) in [7, 11) is 0. The summed E-state index contributed by atoms with van der Waals surface area (Å²) in [5.74, 6) is -1.92. The van der Waals surface area contributed by atoms with Crippen LogP contribution in [0.15, 0.2) is 22.7 Å². The number of rotatable bonds is 3. The SMILES string of the molecule is CC(CC(=O)O)N1C(=O)c2ccc(Br)cc2C1=O. The van der Waals surface area contributed by atoms with Gasteiger partial charge in [0.1, 0.15) is 0 Å². The minimum absolute atomic E-state index is 0.257. The Kier molecular flexibility index (Phi) is 3.21. The topological polar surface area (TPSA) is 74.7 Å². The van der Waals surface area contributed by atoms with E-state index in [9.17, 15) is 14.4 Å². The zero-order valence-electron chi connectivity index (χ0n) is 9.51. The third-order valence-electron chi connectivity index (χ3n) is 2.79. The van der Waals surface area contributed by atoms with Gasteiger partial charge in [-0.25, -0.2) is 0 Å². The van der Waals surface area contributed by atoms with Crippen LogP contribution in [0.2, 0.25) is 0 Å². The molecular weight excluding hydrogens is 302 g/mol. The number of aliphatic carboxylic acids is 1. The highest BCUT2D eigenvalue weighted by molar-refractivity contribution is 9.10. The van der Waals surface area contributed by atoms with Gasteiger partial charge in [-0.2, -0.15) is 0 Å². The van der Waals surface area contributed by atoms with E-state index < -0.39 is 23.8 Å². The number of amides is 2. The lowest BCUT2D eigenvalue weighted by Gasteiger charge is -2.20. The van der Waals surface area contributed by atoms with Gasteiger partial charge in [0.15, 0.2) is 0 Å². The van der Waals surface area contributed by atoms with Crippen LogP contribution >= 0.6 is 15.9 Å². The summed E-state index contributed by atoms with van der Waals surface area (Å²) in [5.41, 5.74) is 0.632. The lowest BCUT2D eigenvalue weighted by molar-refractivity contribution is -0.137. The number of hydrogen-bond acceptors (Lipinski definition) is 3. The highest BCUT2D eigenvalue weighted by atomic mass is 79.9. The Morgan fingerprint density at radius 1 is 1.33 bits per heavy atom. The second-order valence-electron chi connectivity index (χ2n) is 4.12. The highest BCUT2D eigenvalue weighted by Gasteiger charge is 2.38. The first-order chi connectivity index (χ1) is 8.41. The zero-order valence-corrected chi connectivity index (χ0v) is 11.1. The van der Waals surface area contributed by atoms with Gasteiger partial charge in [0.2, 0.25) is 0 Å². The maximum absolute atomic E-state index is 12.1. The van der Waals surface area contributed by atoms with Crippen LogP contribution in [0.4, 0.5) is 0 Å². The van der Waals surface area contributed by atoms with E-state index in [1.165, 1.54) is 0 Å². The Bertz CT molecular complexity index is 555. The first-order valence-corrected chi connectivity index (χ1v) is 6.10. The van der Waals surface area contributed by atoms with E-state index in [0.717, 1.165) is 4.90 Å². The molecule has 0 fully saturated rings. The Morgan fingerprint density at radius 3 is 2.56 bits per heavy atom. The number of halogens is 1. The molecule has 1 aromatic carbocycles. The normalized spacial score (nSPS) is 15.8. The van der Waals surface area contributed by atoms with Crippen LogP contribution in [0.1, 0.15) is 34.1 Å². The van der Waals surface area contributed by atoms with Gasteiger partial charge in [-0.15, -0.1) is 0 Å².